The Hall–Kier alpha value is -1.46. The van der Waals surface area contributed by atoms with Gasteiger partial charge >= 0.3 is 0 Å². The van der Waals surface area contributed by atoms with Crippen LogP contribution in [0.2, 0.25) is 0 Å². The van der Waals surface area contributed by atoms with Crippen LogP contribution in [-0.4, -0.2) is 40.8 Å². The predicted octanol–water partition coefficient (Wildman–Crippen LogP) is 1.54. The highest BCUT2D eigenvalue weighted by Gasteiger charge is 2.25. The molecule has 0 aromatic carbocycles. The van der Waals surface area contributed by atoms with Gasteiger partial charge in [-0.15, -0.1) is 0 Å². The van der Waals surface area contributed by atoms with Crippen LogP contribution in [0.3, 0.4) is 0 Å². The van der Waals surface area contributed by atoms with Crippen LogP contribution in [0, 0.1) is 5.92 Å². The number of nitrogens with zero attached hydrogens (tertiary/aromatic N) is 3. The Morgan fingerprint density at radius 1 is 1.40 bits per heavy atom. The molecule has 2 aliphatic heterocycles. The minimum atomic E-state index is 0.493. The van der Waals surface area contributed by atoms with E-state index in [-0.39, 0.29) is 0 Å². The van der Waals surface area contributed by atoms with Crippen LogP contribution < -0.4 is 5.32 Å². The van der Waals surface area contributed by atoms with E-state index in [1.54, 1.807) is 0 Å². The van der Waals surface area contributed by atoms with Crippen LogP contribution in [0.1, 0.15) is 24.7 Å². The maximum absolute atomic E-state index is 5.50. The van der Waals surface area contributed by atoms with Crippen molar-refractivity contribution in [2.45, 2.75) is 25.3 Å². The highest BCUT2D eigenvalue weighted by atomic mass is 16.5. The minimum Gasteiger partial charge on any atom is -0.381 e. The third-order valence-electron chi connectivity index (χ3n) is 4.42. The van der Waals surface area contributed by atoms with Crippen LogP contribution >= 0.6 is 0 Å². The lowest BCUT2D eigenvalue weighted by atomic mass is 10.0. The number of nitrogens with one attached hydrogen (secondary N) is 1. The first-order chi connectivity index (χ1) is 9.92. The molecule has 0 bridgehead atoms. The largest absolute Gasteiger partial charge is 0.381 e. The van der Waals surface area contributed by atoms with Crippen LogP contribution in [-0.2, 0) is 11.2 Å². The zero-order chi connectivity index (χ0) is 13.4. The smallest absolute Gasteiger partial charge is 0.160 e. The number of aromatic nitrogens is 3. The third kappa shape index (κ3) is 2.11. The average molecular weight is 272 g/mol. The van der Waals surface area contributed by atoms with E-state index < -0.39 is 0 Å². The maximum Gasteiger partial charge on any atom is 0.160 e. The van der Waals surface area contributed by atoms with E-state index in [4.69, 9.17) is 9.72 Å². The van der Waals surface area contributed by atoms with Crippen molar-refractivity contribution >= 4 is 11.2 Å². The minimum absolute atomic E-state index is 0.493. The molecule has 2 fully saturated rings. The van der Waals surface area contributed by atoms with Crippen molar-refractivity contribution in [3.63, 3.8) is 0 Å². The highest BCUT2D eigenvalue weighted by molar-refractivity contribution is 5.71. The molecule has 0 radical (unpaired) electrons. The van der Waals surface area contributed by atoms with E-state index >= 15 is 0 Å². The second-order valence-corrected chi connectivity index (χ2v) is 5.82. The van der Waals surface area contributed by atoms with Crippen molar-refractivity contribution in [1.82, 2.24) is 19.9 Å². The number of imidazole rings is 1. The van der Waals surface area contributed by atoms with Gasteiger partial charge in [-0.1, -0.05) is 0 Å². The fourth-order valence-electron chi connectivity index (χ4n) is 3.37. The van der Waals surface area contributed by atoms with Crippen LogP contribution in [0.25, 0.3) is 11.2 Å². The van der Waals surface area contributed by atoms with Gasteiger partial charge in [0.1, 0.15) is 11.3 Å². The summed E-state index contributed by atoms with van der Waals surface area (Å²) in [6.45, 7) is 3.88. The van der Waals surface area contributed by atoms with E-state index in [0.717, 1.165) is 56.7 Å². The fraction of sp³-hybridized carbons (Fsp3) is 0.600. The Morgan fingerprint density at radius 3 is 3.20 bits per heavy atom. The molecule has 5 heteroatoms. The molecule has 1 N–H and O–H groups in total. The van der Waals surface area contributed by atoms with Crippen molar-refractivity contribution in [3.8, 4) is 0 Å². The standard InChI is InChI=1S/C15H20N4O/c1-2-13-15(17-5-1)19(12-3-6-16-9-12)14(18-13)8-11-4-7-20-10-11/h1-2,5,11-12,16H,3-4,6-10H2. The molecule has 2 saturated heterocycles. The van der Waals surface area contributed by atoms with Gasteiger partial charge in [-0.3, -0.25) is 0 Å². The molecule has 106 valence electrons. The Morgan fingerprint density at radius 2 is 2.40 bits per heavy atom. The number of hydrogen-bond donors (Lipinski definition) is 1. The molecule has 20 heavy (non-hydrogen) atoms. The number of rotatable bonds is 3. The van der Waals surface area contributed by atoms with Crippen LogP contribution in [0.5, 0.6) is 0 Å². The molecule has 0 spiro atoms. The summed E-state index contributed by atoms with van der Waals surface area (Å²) in [6, 6.07) is 4.53. The Balaban J connectivity index is 1.74. The summed E-state index contributed by atoms with van der Waals surface area (Å²) in [5.74, 6) is 1.79. The zero-order valence-electron chi connectivity index (χ0n) is 11.6. The Kier molecular flexibility index (Phi) is 3.16. The van der Waals surface area contributed by atoms with E-state index in [0.29, 0.717) is 12.0 Å². The number of fused-ring (bicyclic) bond motifs is 1. The molecule has 0 amide bonds. The molecule has 2 aromatic heterocycles. The molecule has 2 unspecified atom stereocenters. The predicted molar refractivity (Wildman–Crippen MR) is 76.7 cm³/mol. The van der Waals surface area contributed by atoms with Crippen molar-refractivity contribution in [3.05, 3.63) is 24.2 Å². The molecule has 2 aliphatic rings. The van der Waals surface area contributed by atoms with Crippen molar-refractivity contribution in [2.75, 3.05) is 26.3 Å². The van der Waals surface area contributed by atoms with Gasteiger partial charge in [0.15, 0.2) is 5.65 Å². The molecular formula is C15H20N4O. The lowest BCUT2D eigenvalue weighted by Crippen LogP contribution is -2.18. The molecule has 0 saturated carbocycles. The van der Waals surface area contributed by atoms with Gasteiger partial charge in [-0.25, -0.2) is 9.97 Å². The van der Waals surface area contributed by atoms with Crippen molar-refractivity contribution in [2.24, 2.45) is 5.92 Å². The van der Waals surface area contributed by atoms with Crippen molar-refractivity contribution in [1.29, 1.82) is 0 Å². The lowest BCUT2D eigenvalue weighted by Gasteiger charge is -2.16. The lowest BCUT2D eigenvalue weighted by molar-refractivity contribution is 0.185. The Bertz CT molecular complexity index is 597. The number of hydrogen-bond acceptors (Lipinski definition) is 4. The fourth-order valence-corrected chi connectivity index (χ4v) is 3.37. The average Bonchev–Trinajstić information content (AvgIpc) is 3.18. The number of pyridine rings is 1. The van der Waals surface area contributed by atoms with E-state index in [9.17, 15) is 0 Å². The quantitative estimate of drug-likeness (QED) is 0.921. The SMILES string of the molecule is c1cnc2c(c1)nc(CC1CCOC1)n2C1CCNC1. The first-order valence-electron chi connectivity index (χ1n) is 7.52. The first-order valence-corrected chi connectivity index (χ1v) is 7.52. The van der Waals surface area contributed by atoms with Crippen LogP contribution in [0.15, 0.2) is 18.3 Å². The summed E-state index contributed by atoms with van der Waals surface area (Å²) in [7, 11) is 0. The molecule has 4 heterocycles. The molecule has 2 aromatic rings. The molecule has 0 aliphatic carbocycles. The maximum atomic E-state index is 5.50. The van der Waals surface area contributed by atoms with Gasteiger partial charge in [0.05, 0.1) is 6.04 Å². The number of ether oxygens (including phenoxy) is 1. The monoisotopic (exact) mass is 272 g/mol. The summed E-state index contributed by atoms with van der Waals surface area (Å²) in [4.78, 5) is 9.40. The second kappa shape index (κ2) is 5.14. The summed E-state index contributed by atoms with van der Waals surface area (Å²) in [5, 5.41) is 3.45. The second-order valence-electron chi connectivity index (χ2n) is 5.82. The zero-order valence-corrected chi connectivity index (χ0v) is 11.6. The molecule has 2 atom stereocenters. The molecule has 4 rings (SSSR count). The van der Waals surface area contributed by atoms with Gasteiger partial charge in [0.2, 0.25) is 0 Å². The topological polar surface area (TPSA) is 52.0 Å². The normalized spacial score (nSPS) is 26.6. The molecule has 5 nitrogen and oxygen atoms in total. The highest BCUT2D eigenvalue weighted by Crippen LogP contribution is 2.26. The summed E-state index contributed by atoms with van der Waals surface area (Å²) >= 11 is 0. The van der Waals surface area contributed by atoms with Gasteiger partial charge in [-0.05, 0) is 37.4 Å². The van der Waals surface area contributed by atoms with Crippen LogP contribution in [0.4, 0.5) is 0 Å². The third-order valence-corrected chi connectivity index (χ3v) is 4.42. The molecular weight excluding hydrogens is 252 g/mol. The van der Waals surface area contributed by atoms with Gasteiger partial charge in [0.25, 0.3) is 0 Å². The summed E-state index contributed by atoms with van der Waals surface area (Å²) in [6.07, 6.45) is 5.19. The van der Waals surface area contributed by atoms with Gasteiger partial charge < -0.3 is 14.6 Å². The first kappa shape index (κ1) is 12.3. The summed E-state index contributed by atoms with van der Waals surface area (Å²) in [5.41, 5.74) is 2.06. The van der Waals surface area contributed by atoms with Gasteiger partial charge in [-0.2, -0.15) is 0 Å². The van der Waals surface area contributed by atoms with Crippen molar-refractivity contribution < 1.29 is 4.74 Å². The Labute approximate surface area is 118 Å². The van der Waals surface area contributed by atoms with E-state index in [1.807, 2.05) is 12.3 Å². The van der Waals surface area contributed by atoms with E-state index in [2.05, 4.69) is 20.9 Å². The summed E-state index contributed by atoms with van der Waals surface area (Å²) < 4.78 is 7.87. The van der Waals surface area contributed by atoms with E-state index in [1.165, 1.54) is 5.82 Å². The van der Waals surface area contributed by atoms with Gasteiger partial charge in [0, 0.05) is 32.4 Å².